The van der Waals surface area contributed by atoms with Crippen LogP contribution in [0, 0.1) is 11.8 Å². The summed E-state index contributed by atoms with van der Waals surface area (Å²) in [5, 5.41) is 5.95. The summed E-state index contributed by atoms with van der Waals surface area (Å²) in [6, 6.07) is 0. The van der Waals surface area contributed by atoms with Crippen LogP contribution in [-0.4, -0.2) is 49.9 Å². The van der Waals surface area contributed by atoms with Crippen molar-refractivity contribution < 1.29 is 9.59 Å². The highest BCUT2D eigenvalue weighted by Gasteiger charge is 2.22. The van der Waals surface area contributed by atoms with Gasteiger partial charge in [-0.3, -0.25) is 9.59 Å². The first-order chi connectivity index (χ1) is 8.50. The number of piperidine rings is 1. The Hall–Kier alpha value is -1.10. The summed E-state index contributed by atoms with van der Waals surface area (Å²) in [4.78, 5) is 25.0. The third-order valence-corrected chi connectivity index (χ3v) is 3.20. The Morgan fingerprint density at radius 1 is 1.33 bits per heavy atom. The van der Waals surface area contributed by atoms with Gasteiger partial charge in [0.05, 0.1) is 0 Å². The van der Waals surface area contributed by atoms with Gasteiger partial charge in [-0.15, -0.1) is 0 Å². The average Bonchev–Trinajstić information content (AvgIpc) is 2.36. The van der Waals surface area contributed by atoms with Crippen LogP contribution in [0.2, 0.25) is 0 Å². The molecule has 1 rings (SSSR count). The molecule has 0 bridgehead atoms. The van der Waals surface area contributed by atoms with E-state index in [1.807, 2.05) is 13.8 Å². The van der Waals surface area contributed by atoms with E-state index in [9.17, 15) is 9.59 Å². The van der Waals surface area contributed by atoms with Gasteiger partial charge >= 0.3 is 11.8 Å². The monoisotopic (exact) mass is 255 g/mol. The zero-order chi connectivity index (χ0) is 13.5. The molecule has 2 amide bonds. The van der Waals surface area contributed by atoms with Crippen LogP contribution < -0.4 is 10.6 Å². The van der Waals surface area contributed by atoms with E-state index in [1.165, 1.54) is 0 Å². The number of rotatable bonds is 4. The second-order valence-electron chi connectivity index (χ2n) is 5.48. The quantitative estimate of drug-likeness (QED) is 0.706. The smallest absolute Gasteiger partial charge is 0.311 e. The summed E-state index contributed by atoms with van der Waals surface area (Å²) >= 11 is 0. The molecule has 1 heterocycles. The Bertz CT molecular complexity index is 286. The van der Waals surface area contributed by atoms with Crippen molar-refractivity contribution in [2.75, 3.05) is 33.2 Å². The first-order valence-corrected chi connectivity index (χ1v) is 6.74. The number of nitrogens with zero attached hydrogens (tertiary/aromatic N) is 1. The third kappa shape index (κ3) is 5.04. The molecule has 2 N–H and O–H groups in total. The Morgan fingerprint density at radius 2 is 1.94 bits per heavy atom. The molecule has 5 heteroatoms. The average molecular weight is 255 g/mol. The molecule has 1 fully saturated rings. The fourth-order valence-electron chi connectivity index (χ4n) is 2.08. The van der Waals surface area contributed by atoms with Crippen LogP contribution in [0.5, 0.6) is 0 Å². The number of carbonyl (C=O) groups is 2. The zero-order valence-corrected chi connectivity index (χ0v) is 11.7. The summed E-state index contributed by atoms with van der Waals surface area (Å²) < 4.78 is 0. The fraction of sp³-hybridized carbons (Fsp3) is 0.846. The lowest BCUT2D eigenvalue weighted by Crippen LogP contribution is -2.45. The van der Waals surface area contributed by atoms with Crippen LogP contribution in [0.3, 0.4) is 0 Å². The molecule has 0 aromatic rings. The fourth-order valence-corrected chi connectivity index (χ4v) is 2.08. The summed E-state index contributed by atoms with van der Waals surface area (Å²) in [5.41, 5.74) is 0. The van der Waals surface area contributed by atoms with Crippen LogP contribution in [-0.2, 0) is 9.59 Å². The summed E-state index contributed by atoms with van der Waals surface area (Å²) in [5.74, 6) is -0.0381. The van der Waals surface area contributed by atoms with Gasteiger partial charge in [0, 0.05) is 20.1 Å². The summed E-state index contributed by atoms with van der Waals surface area (Å²) in [7, 11) is 1.71. The molecule has 0 aromatic heterocycles. The maximum Gasteiger partial charge on any atom is 0.311 e. The van der Waals surface area contributed by atoms with Crippen molar-refractivity contribution in [2.24, 2.45) is 11.8 Å². The largest absolute Gasteiger partial charge is 0.348 e. The van der Waals surface area contributed by atoms with E-state index in [4.69, 9.17) is 0 Å². The van der Waals surface area contributed by atoms with Crippen molar-refractivity contribution in [1.29, 1.82) is 0 Å². The van der Waals surface area contributed by atoms with E-state index in [0.29, 0.717) is 24.9 Å². The Labute approximate surface area is 109 Å². The Morgan fingerprint density at radius 3 is 2.50 bits per heavy atom. The molecule has 5 nitrogen and oxygen atoms in total. The van der Waals surface area contributed by atoms with E-state index in [0.717, 1.165) is 25.9 Å². The molecule has 0 spiro atoms. The van der Waals surface area contributed by atoms with Gasteiger partial charge in [-0.25, -0.2) is 0 Å². The van der Waals surface area contributed by atoms with Crippen LogP contribution in [0.25, 0.3) is 0 Å². The van der Waals surface area contributed by atoms with Gasteiger partial charge in [0.1, 0.15) is 0 Å². The predicted molar refractivity (Wildman–Crippen MR) is 71.1 cm³/mol. The molecule has 0 aromatic carbocycles. The summed E-state index contributed by atoms with van der Waals surface area (Å²) in [6.07, 6.45) is 2.15. The molecule has 0 saturated carbocycles. The number of likely N-dealkylation sites (N-methyl/N-ethyl adjacent to an activating group) is 1. The van der Waals surface area contributed by atoms with Crippen molar-refractivity contribution >= 4 is 11.8 Å². The van der Waals surface area contributed by atoms with Gasteiger partial charge in [-0.1, -0.05) is 13.8 Å². The second-order valence-corrected chi connectivity index (χ2v) is 5.48. The highest BCUT2D eigenvalue weighted by Crippen LogP contribution is 2.12. The molecule has 1 aliphatic heterocycles. The number of nitrogens with one attached hydrogen (secondary N) is 2. The SMILES string of the molecule is CC(C)CNC(=O)C(=O)N(C)CC1CCNCC1. The molecule has 0 radical (unpaired) electrons. The predicted octanol–water partition coefficient (Wildman–Crippen LogP) is 0.217. The normalized spacial score (nSPS) is 16.7. The number of carbonyl (C=O) groups excluding carboxylic acids is 2. The van der Waals surface area contributed by atoms with E-state index in [-0.39, 0.29) is 0 Å². The van der Waals surface area contributed by atoms with Crippen molar-refractivity contribution in [3.8, 4) is 0 Å². The van der Waals surface area contributed by atoms with Crippen molar-refractivity contribution in [1.82, 2.24) is 15.5 Å². The lowest BCUT2D eigenvalue weighted by molar-refractivity contribution is -0.145. The highest BCUT2D eigenvalue weighted by molar-refractivity contribution is 6.34. The van der Waals surface area contributed by atoms with E-state index < -0.39 is 11.8 Å². The minimum atomic E-state index is -0.486. The zero-order valence-electron chi connectivity index (χ0n) is 11.7. The van der Waals surface area contributed by atoms with Gasteiger partial charge < -0.3 is 15.5 Å². The highest BCUT2D eigenvalue weighted by atomic mass is 16.2. The van der Waals surface area contributed by atoms with E-state index in [1.54, 1.807) is 11.9 Å². The molecule has 1 aliphatic rings. The van der Waals surface area contributed by atoms with E-state index >= 15 is 0 Å². The first-order valence-electron chi connectivity index (χ1n) is 6.74. The van der Waals surface area contributed by atoms with Gasteiger partial charge in [0.15, 0.2) is 0 Å². The molecule has 0 atom stereocenters. The minimum Gasteiger partial charge on any atom is -0.348 e. The van der Waals surface area contributed by atoms with Gasteiger partial charge in [-0.05, 0) is 37.8 Å². The lowest BCUT2D eigenvalue weighted by Gasteiger charge is -2.27. The second kappa shape index (κ2) is 7.36. The van der Waals surface area contributed by atoms with Gasteiger partial charge in [0.2, 0.25) is 0 Å². The molecule has 1 saturated heterocycles. The molecule has 104 valence electrons. The third-order valence-electron chi connectivity index (χ3n) is 3.20. The van der Waals surface area contributed by atoms with Crippen molar-refractivity contribution in [3.05, 3.63) is 0 Å². The van der Waals surface area contributed by atoms with Gasteiger partial charge in [-0.2, -0.15) is 0 Å². The maximum absolute atomic E-state index is 11.8. The maximum atomic E-state index is 11.8. The van der Waals surface area contributed by atoms with E-state index in [2.05, 4.69) is 10.6 Å². The lowest BCUT2D eigenvalue weighted by atomic mass is 9.98. The molecule has 0 unspecified atom stereocenters. The van der Waals surface area contributed by atoms with Crippen LogP contribution in [0.15, 0.2) is 0 Å². The molecule has 0 aliphatic carbocycles. The number of hydrogen-bond acceptors (Lipinski definition) is 3. The minimum absolute atomic E-state index is 0.358. The molecular weight excluding hydrogens is 230 g/mol. The van der Waals surface area contributed by atoms with Gasteiger partial charge in [0.25, 0.3) is 0 Å². The van der Waals surface area contributed by atoms with Crippen molar-refractivity contribution in [3.63, 3.8) is 0 Å². The van der Waals surface area contributed by atoms with Crippen LogP contribution in [0.4, 0.5) is 0 Å². The Balaban J connectivity index is 2.32. The summed E-state index contributed by atoms with van der Waals surface area (Å²) in [6.45, 7) is 7.24. The number of hydrogen-bond donors (Lipinski definition) is 2. The number of amides is 2. The Kier molecular flexibility index (Phi) is 6.12. The standard InChI is InChI=1S/C13H25N3O2/c1-10(2)8-15-12(17)13(18)16(3)9-11-4-6-14-7-5-11/h10-11,14H,4-9H2,1-3H3,(H,15,17). The topological polar surface area (TPSA) is 61.4 Å². The first kappa shape index (κ1) is 15.0. The van der Waals surface area contributed by atoms with Crippen LogP contribution in [0.1, 0.15) is 26.7 Å². The molecular formula is C13H25N3O2. The van der Waals surface area contributed by atoms with Crippen molar-refractivity contribution in [2.45, 2.75) is 26.7 Å². The van der Waals surface area contributed by atoms with Crippen LogP contribution >= 0.6 is 0 Å². The molecule has 18 heavy (non-hydrogen) atoms.